The molecule has 0 N–H and O–H groups in total. The zero-order valence-electron chi connectivity index (χ0n) is 13.4. The lowest BCUT2D eigenvalue weighted by atomic mass is 10.5. The molecule has 0 fully saturated rings. The third kappa shape index (κ3) is 14.4. The van der Waals surface area contributed by atoms with Crippen molar-refractivity contribution in [3.8, 4) is 0 Å². The highest BCUT2D eigenvalue weighted by molar-refractivity contribution is 6.58. The molecule has 0 aromatic rings. The Bertz CT molecular complexity index is 104. The lowest BCUT2D eigenvalue weighted by Crippen LogP contribution is -2.21. The van der Waals surface area contributed by atoms with Crippen LogP contribution in [-0.2, 0) is 0 Å². The lowest BCUT2D eigenvalue weighted by Gasteiger charge is -2.13. The molecule has 0 aromatic heterocycles. The summed E-state index contributed by atoms with van der Waals surface area (Å²) in [6, 6.07) is 0. The molecule has 0 bridgehead atoms. The van der Waals surface area contributed by atoms with Crippen LogP contribution in [0.2, 0.25) is 15.8 Å². The Morgan fingerprint density at radius 3 is 1.00 bits per heavy atom. The number of hydrogen-bond donors (Lipinski definition) is 0. The SMILES string of the molecule is CCN(CC)CC.CC[CH2][Al]([CH2]CC)[CH2]CC. The van der Waals surface area contributed by atoms with Gasteiger partial charge in [-0.1, -0.05) is 76.7 Å². The molecule has 0 rings (SSSR count). The molecular formula is C15H36AlN. The van der Waals surface area contributed by atoms with E-state index in [1.54, 1.807) is 15.8 Å². The molecule has 0 saturated carbocycles. The van der Waals surface area contributed by atoms with E-state index < -0.39 is 0 Å². The fourth-order valence-electron chi connectivity index (χ4n) is 2.33. The molecule has 104 valence electrons. The molecule has 0 atom stereocenters. The van der Waals surface area contributed by atoms with Gasteiger partial charge in [0.1, 0.15) is 0 Å². The summed E-state index contributed by atoms with van der Waals surface area (Å²) in [5.74, 6) is 0. The topological polar surface area (TPSA) is 3.24 Å². The van der Waals surface area contributed by atoms with E-state index in [9.17, 15) is 0 Å². The van der Waals surface area contributed by atoms with Gasteiger partial charge < -0.3 is 4.90 Å². The summed E-state index contributed by atoms with van der Waals surface area (Å²) in [6.07, 6.45) is 4.28. The maximum Gasteiger partial charge on any atom is 0.261 e. The van der Waals surface area contributed by atoms with E-state index in [2.05, 4.69) is 46.4 Å². The van der Waals surface area contributed by atoms with Gasteiger partial charge >= 0.3 is 0 Å². The van der Waals surface area contributed by atoms with Gasteiger partial charge in [-0.2, -0.15) is 0 Å². The van der Waals surface area contributed by atoms with Crippen molar-refractivity contribution in [3.63, 3.8) is 0 Å². The largest absolute Gasteiger partial charge is 0.304 e. The van der Waals surface area contributed by atoms with Crippen LogP contribution >= 0.6 is 0 Å². The van der Waals surface area contributed by atoms with E-state index in [1.165, 1.54) is 38.9 Å². The van der Waals surface area contributed by atoms with Crippen molar-refractivity contribution in [2.45, 2.75) is 76.7 Å². The molecule has 0 saturated heterocycles. The molecule has 0 heterocycles. The number of rotatable bonds is 9. The minimum absolute atomic E-state index is 0.234. The molecule has 0 unspecified atom stereocenters. The first kappa shape index (κ1) is 19.8. The van der Waals surface area contributed by atoms with Gasteiger partial charge in [0, 0.05) is 0 Å². The molecule has 0 aliphatic carbocycles. The first-order chi connectivity index (χ1) is 8.19. The van der Waals surface area contributed by atoms with E-state index in [-0.39, 0.29) is 14.1 Å². The minimum Gasteiger partial charge on any atom is -0.304 e. The fraction of sp³-hybridized carbons (Fsp3) is 1.00. The fourth-order valence-corrected chi connectivity index (χ4v) is 5.64. The Balaban J connectivity index is 0. The highest BCUT2D eigenvalue weighted by Gasteiger charge is 2.11. The van der Waals surface area contributed by atoms with Gasteiger partial charge in [0.15, 0.2) is 0 Å². The van der Waals surface area contributed by atoms with Crippen molar-refractivity contribution in [1.29, 1.82) is 0 Å². The predicted octanol–water partition coefficient (Wildman–Crippen LogP) is 5.06. The molecule has 0 amide bonds. The second-order valence-electron chi connectivity index (χ2n) is 4.85. The van der Waals surface area contributed by atoms with Gasteiger partial charge in [0.25, 0.3) is 14.1 Å². The summed E-state index contributed by atoms with van der Waals surface area (Å²) in [4.78, 5) is 2.38. The smallest absolute Gasteiger partial charge is 0.261 e. The van der Waals surface area contributed by atoms with E-state index in [0.717, 1.165) is 0 Å². The van der Waals surface area contributed by atoms with Gasteiger partial charge in [0.2, 0.25) is 0 Å². The maximum atomic E-state index is 2.38. The molecule has 0 spiro atoms. The van der Waals surface area contributed by atoms with Gasteiger partial charge in [-0.25, -0.2) is 0 Å². The van der Waals surface area contributed by atoms with Gasteiger partial charge in [0.05, 0.1) is 0 Å². The van der Waals surface area contributed by atoms with Crippen LogP contribution in [0, 0.1) is 0 Å². The van der Waals surface area contributed by atoms with Crippen LogP contribution in [0.5, 0.6) is 0 Å². The summed E-state index contributed by atoms with van der Waals surface area (Å²) in [5.41, 5.74) is 0. The van der Waals surface area contributed by atoms with E-state index >= 15 is 0 Å². The summed E-state index contributed by atoms with van der Waals surface area (Å²) in [5, 5.41) is 4.76. The Morgan fingerprint density at radius 2 is 0.882 bits per heavy atom. The third-order valence-electron chi connectivity index (χ3n) is 3.43. The number of nitrogens with zero attached hydrogens (tertiary/aromatic N) is 1. The van der Waals surface area contributed by atoms with Crippen molar-refractivity contribution in [1.82, 2.24) is 4.90 Å². The molecule has 1 nitrogen and oxygen atoms in total. The van der Waals surface area contributed by atoms with Crippen molar-refractivity contribution >= 4 is 14.1 Å². The average Bonchev–Trinajstić information content (AvgIpc) is 2.33. The van der Waals surface area contributed by atoms with E-state index in [1.807, 2.05) is 0 Å². The van der Waals surface area contributed by atoms with Crippen molar-refractivity contribution in [2.75, 3.05) is 19.6 Å². The Hall–Kier alpha value is 0.492. The average molecular weight is 257 g/mol. The molecule has 0 aromatic carbocycles. The zero-order valence-corrected chi connectivity index (χ0v) is 14.5. The zero-order chi connectivity index (χ0) is 13.5. The van der Waals surface area contributed by atoms with Gasteiger partial charge in [-0.3, -0.25) is 0 Å². The summed E-state index contributed by atoms with van der Waals surface area (Å²) in [6.45, 7) is 17.1. The number of hydrogen-bond acceptors (Lipinski definition) is 1. The highest BCUT2D eigenvalue weighted by atomic mass is 27.2. The monoisotopic (exact) mass is 257 g/mol. The molecule has 0 radical (unpaired) electrons. The molecule has 0 aliphatic heterocycles. The Kier molecular flexibility index (Phi) is 19.2. The van der Waals surface area contributed by atoms with Gasteiger partial charge in [-0.15, -0.1) is 0 Å². The molecule has 0 aliphatic rings. The van der Waals surface area contributed by atoms with Crippen molar-refractivity contribution < 1.29 is 0 Å². The van der Waals surface area contributed by atoms with Crippen LogP contribution in [0.3, 0.4) is 0 Å². The van der Waals surface area contributed by atoms with Crippen LogP contribution in [0.4, 0.5) is 0 Å². The summed E-state index contributed by atoms with van der Waals surface area (Å²) in [7, 11) is 0. The maximum absolute atomic E-state index is 2.38. The second-order valence-corrected chi connectivity index (χ2v) is 8.32. The van der Waals surface area contributed by atoms with Gasteiger partial charge in [-0.05, 0) is 19.6 Å². The predicted molar refractivity (Wildman–Crippen MR) is 84.5 cm³/mol. The van der Waals surface area contributed by atoms with Crippen molar-refractivity contribution in [2.24, 2.45) is 0 Å². The first-order valence-corrected chi connectivity index (χ1v) is 10.4. The van der Waals surface area contributed by atoms with Crippen LogP contribution in [0.25, 0.3) is 0 Å². The summed E-state index contributed by atoms with van der Waals surface area (Å²) >= 11 is -0.234. The van der Waals surface area contributed by atoms with Crippen LogP contribution < -0.4 is 0 Å². The van der Waals surface area contributed by atoms with Crippen LogP contribution in [0.1, 0.15) is 60.8 Å². The third-order valence-corrected chi connectivity index (χ3v) is 7.61. The Labute approximate surface area is 115 Å². The quantitative estimate of drug-likeness (QED) is 0.522. The normalized spacial score (nSPS) is 10.1. The Morgan fingerprint density at radius 1 is 0.588 bits per heavy atom. The standard InChI is InChI=1S/C6H15N.3C3H7.Al/c1-4-7(5-2)6-3;3*1-3-2;/h4-6H2,1-3H3;3*1,3H2,2H3;. The second kappa shape index (κ2) is 16.5. The molecule has 2 heteroatoms. The van der Waals surface area contributed by atoms with Crippen molar-refractivity contribution in [3.05, 3.63) is 0 Å². The van der Waals surface area contributed by atoms with Crippen LogP contribution in [0.15, 0.2) is 0 Å². The highest BCUT2D eigenvalue weighted by Crippen LogP contribution is 2.11. The molecular weight excluding hydrogens is 221 g/mol. The minimum atomic E-state index is -0.234. The molecule has 17 heavy (non-hydrogen) atoms. The summed E-state index contributed by atoms with van der Waals surface area (Å²) < 4.78 is 0. The van der Waals surface area contributed by atoms with Crippen LogP contribution in [-0.4, -0.2) is 38.7 Å². The van der Waals surface area contributed by atoms with E-state index in [4.69, 9.17) is 0 Å². The van der Waals surface area contributed by atoms with E-state index in [0.29, 0.717) is 0 Å². The lowest BCUT2D eigenvalue weighted by molar-refractivity contribution is 0.321. The first-order valence-electron chi connectivity index (χ1n) is 7.92.